The van der Waals surface area contributed by atoms with E-state index in [0.717, 1.165) is 44.2 Å². The highest BCUT2D eigenvalue weighted by molar-refractivity contribution is 7.99. The average molecular weight is 472 g/mol. The van der Waals surface area contributed by atoms with Crippen LogP contribution >= 0.6 is 23.4 Å². The number of nitriles is 1. The van der Waals surface area contributed by atoms with E-state index in [0.29, 0.717) is 5.69 Å². The number of carbonyl (C=O) groups excluding carboxylic acids is 1. The number of para-hydroxylation sites is 2. The van der Waals surface area contributed by atoms with Crippen molar-refractivity contribution in [3.63, 3.8) is 0 Å². The molecule has 164 valence electrons. The summed E-state index contributed by atoms with van der Waals surface area (Å²) >= 11 is 7.72. The van der Waals surface area contributed by atoms with Gasteiger partial charge in [0.1, 0.15) is 11.6 Å². The fourth-order valence-electron chi connectivity index (χ4n) is 3.57. The van der Waals surface area contributed by atoms with Gasteiger partial charge in [-0.25, -0.2) is 0 Å². The Morgan fingerprint density at radius 1 is 1.09 bits per heavy atom. The number of halogens is 1. The standard InChI is InChI=1S/C27H22ClN3OS/c1-19-6-2-4-8-25(19)30-27(32)20(17-29)16-21-18-31(26-9-5-3-7-24(21)26)14-15-33-23-12-10-22(28)11-13-23/h2-13,16,18H,14-15H2,1H3,(H,30,32)/b20-16-. The summed E-state index contributed by atoms with van der Waals surface area (Å²) in [6.07, 6.45) is 3.67. The SMILES string of the molecule is Cc1ccccc1NC(=O)/C(C#N)=C\c1cn(CCSc2ccc(Cl)cc2)c2ccccc12. The lowest BCUT2D eigenvalue weighted by molar-refractivity contribution is -0.112. The number of aromatic nitrogens is 1. The van der Waals surface area contributed by atoms with E-state index in [9.17, 15) is 10.1 Å². The van der Waals surface area contributed by atoms with Gasteiger partial charge in [0.05, 0.1) is 0 Å². The molecule has 0 aliphatic rings. The zero-order chi connectivity index (χ0) is 23.2. The predicted octanol–water partition coefficient (Wildman–Crippen LogP) is 6.94. The lowest BCUT2D eigenvalue weighted by Gasteiger charge is -2.07. The Morgan fingerprint density at radius 2 is 1.82 bits per heavy atom. The van der Waals surface area contributed by atoms with Crippen LogP contribution in [0.4, 0.5) is 5.69 Å². The van der Waals surface area contributed by atoms with Crippen molar-refractivity contribution in [1.29, 1.82) is 5.26 Å². The van der Waals surface area contributed by atoms with Gasteiger partial charge < -0.3 is 9.88 Å². The number of thioether (sulfide) groups is 1. The van der Waals surface area contributed by atoms with Gasteiger partial charge in [0.2, 0.25) is 0 Å². The van der Waals surface area contributed by atoms with Crippen molar-refractivity contribution in [2.45, 2.75) is 18.4 Å². The molecule has 0 bridgehead atoms. The topological polar surface area (TPSA) is 57.8 Å². The molecule has 1 N–H and O–H groups in total. The van der Waals surface area contributed by atoms with Crippen LogP contribution in [0.2, 0.25) is 5.02 Å². The number of benzene rings is 3. The van der Waals surface area contributed by atoms with Gasteiger partial charge in [0, 0.05) is 50.6 Å². The van der Waals surface area contributed by atoms with E-state index in [-0.39, 0.29) is 5.57 Å². The first-order chi connectivity index (χ1) is 16.0. The number of nitrogens with one attached hydrogen (secondary N) is 1. The van der Waals surface area contributed by atoms with E-state index in [1.54, 1.807) is 17.8 Å². The molecule has 4 rings (SSSR count). The Labute approximate surface area is 202 Å². The number of carbonyl (C=O) groups is 1. The smallest absolute Gasteiger partial charge is 0.266 e. The van der Waals surface area contributed by atoms with Crippen LogP contribution < -0.4 is 5.32 Å². The first-order valence-corrected chi connectivity index (χ1v) is 11.9. The molecule has 1 amide bonds. The molecular weight excluding hydrogens is 450 g/mol. The van der Waals surface area contributed by atoms with Gasteiger partial charge in [0.15, 0.2) is 0 Å². The maximum Gasteiger partial charge on any atom is 0.266 e. The summed E-state index contributed by atoms with van der Waals surface area (Å²) in [4.78, 5) is 13.9. The molecule has 0 fully saturated rings. The van der Waals surface area contributed by atoms with Crippen molar-refractivity contribution in [1.82, 2.24) is 4.57 Å². The van der Waals surface area contributed by atoms with E-state index >= 15 is 0 Å². The van der Waals surface area contributed by atoms with Gasteiger partial charge in [0.25, 0.3) is 5.91 Å². The van der Waals surface area contributed by atoms with Crippen LogP contribution in [0.3, 0.4) is 0 Å². The van der Waals surface area contributed by atoms with Crippen LogP contribution in [0.25, 0.3) is 17.0 Å². The number of anilines is 1. The fraction of sp³-hybridized carbons (Fsp3) is 0.111. The summed E-state index contributed by atoms with van der Waals surface area (Å²) in [6, 6.07) is 25.4. The summed E-state index contributed by atoms with van der Waals surface area (Å²) in [5.74, 6) is 0.462. The second-order valence-corrected chi connectivity index (χ2v) is 9.14. The summed E-state index contributed by atoms with van der Waals surface area (Å²) < 4.78 is 2.17. The average Bonchev–Trinajstić information content (AvgIpc) is 3.17. The van der Waals surface area contributed by atoms with Crippen LogP contribution in [-0.4, -0.2) is 16.2 Å². The molecule has 0 spiro atoms. The Balaban J connectivity index is 1.56. The van der Waals surface area contributed by atoms with E-state index in [1.807, 2.05) is 79.9 Å². The molecule has 33 heavy (non-hydrogen) atoms. The van der Waals surface area contributed by atoms with Crippen molar-refractivity contribution in [3.05, 3.63) is 101 Å². The first-order valence-electron chi connectivity index (χ1n) is 10.5. The minimum atomic E-state index is -0.415. The van der Waals surface area contributed by atoms with E-state index in [2.05, 4.69) is 22.0 Å². The number of aryl methyl sites for hydroxylation is 2. The third-order valence-corrected chi connectivity index (χ3v) is 6.54. The Bertz CT molecular complexity index is 1370. The third kappa shape index (κ3) is 5.48. The van der Waals surface area contributed by atoms with Gasteiger partial charge in [-0.05, 0) is 55.0 Å². The summed E-state index contributed by atoms with van der Waals surface area (Å²) in [5.41, 5.74) is 3.62. The number of hydrogen-bond donors (Lipinski definition) is 1. The second-order valence-electron chi connectivity index (χ2n) is 7.54. The molecule has 4 nitrogen and oxygen atoms in total. The Kier molecular flexibility index (Phi) is 7.19. The van der Waals surface area contributed by atoms with E-state index in [1.165, 1.54) is 0 Å². The molecule has 3 aromatic carbocycles. The van der Waals surface area contributed by atoms with E-state index in [4.69, 9.17) is 11.6 Å². The maximum atomic E-state index is 12.8. The molecular formula is C27H22ClN3OS. The molecule has 4 aromatic rings. The van der Waals surface area contributed by atoms with E-state index < -0.39 is 5.91 Å². The highest BCUT2D eigenvalue weighted by Gasteiger charge is 2.13. The summed E-state index contributed by atoms with van der Waals surface area (Å²) in [7, 11) is 0. The minimum Gasteiger partial charge on any atom is -0.346 e. The van der Waals surface area contributed by atoms with Crippen LogP contribution in [0.1, 0.15) is 11.1 Å². The summed E-state index contributed by atoms with van der Waals surface area (Å²) in [5, 5.41) is 14.2. The number of fused-ring (bicyclic) bond motifs is 1. The van der Waals surface area contributed by atoms with Gasteiger partial charge in [-0.1, -0.05) is 48.0 Å². The zero-order valence-electron chi connectivity index (χ0n) is 18.1. The molecule has 0 unspecified atom stereocenters. The molecule has 0 aliphatic carbocycles. The highest BCUT2D eigenvalue weighted by Crippen LogP contribution is 2.26. The molecule has 1 heterocycles. The number of rotatable bonds is 7. The predicted molar refractivity (Wildman–Crippen MR) is 138 cm³/mol. The van der Waals surface area contributed by atoms with Crippen LogP contribution in [-0.2, 0) is 11.3 Å². The molecule has 1 aromatic heterocycles. The van der Waals surface area contributed by atoms with Crippen LogP contribution in [0.5, 0.6) is 0 Å². The van der Waals surface area contributed by atoms with Gasteiger partial charge in [-0.3, -0.25) is 4.79 Å². The quantitative estimate of drug-likeness (QED) is 0.180. The number of hydrogen-bond acceptors (Lipinski definition) is 3. The minimum absolute atomic E-state index is 0.0664. The molecule has 0 saturated heterocycles. The Hall–Kier alpha value is -3.46. The van der Waals surface area contributed by atoms with Gasteiger partial charge in [-0.15, -0.1) is 11.8 Å². The number of amides is 1. The zero-order valence-corrected chi connectivity index (χ0v) is 19.7. The number of nitrogens with zero attached hydrogens (tertiary/aromatic N) is 2. The van der Waals surface area contributed by atoms with Crippen LogP contribution in [0.15, 0.2) is 89.5 Å². The van der Waals surface area contributed by atoms with Crippen molar-refractivity contribution < 1.29 is 4.79 Å². The van der Waals surface area contributed by atoms with Crippen molar-refractivity contribution in [2.24, 2.45) is 0 Å². The van der Waals surface area contributed by atoms with Gasteiger partial charge in [-0.2, -0.15) is 5.26 Å². The van der Waals surface area contributed by atoms with Gasteiger partial charge >= 0.3 is 0 Å². The Morgan fingerprint density at radius 3 is 2.58 bits per heavy atom. The lowest BCUT2D eigenvalue weighted by atomic mass is 10.1. The van der Waals surface area contributed by atoms with Crippen molar-refractivity contribution >= 4 is 51.9 Å². The third-order valence-electron chi connectivity index (χ3n) is 5.29. The monoisotopic (exact) mass is 471 g/mol. The van der Waals surface area contributed by atoms with Crippen molar-refractivity contribution in [3.8, 4) is 6.07 Å². The first kappa shape index (κ1) is 22.7. The second kappa shape index (κ2) is 10.4. The molecule has 6 heteroatoms. The maximum absolute atomic E-state index is 12.8. The normalized spacial score (nSPS) is 11.4. The molecule has 0 aliphatic heterocycles. The van der Waals surface area contributed by atoms with Crippen LogP contribution in [0, 0.1) is 18.3 Å². The largest absolute Gasteiger partial charge is 0.346 e. The fourth-order valence-corrected chi connectivity index (χ4v) is 4.55. The molecule has 0 atom stereocenters. The molecule has 0 radical (unpaired) electrons. The summed E-state index contributed by atoms with van der Waals surface area (Å²) in [6.45, 7) is 2.71. The lowest BCUT2D eigenvalue weighted by Crippen LogP contribution is -2.14. The molecule has 0 saturated carbocycles. The van der Waals surface area contributed by atoms with Crippen molar-refractivity contribution in [2.75, 3.05) is 11.1 Å². The highest BCUT2D eigenvalue weighted by atomic mass is 35.5.